The maximum atomic E-state index is 11.5. The first-order valence-corrected chi connectivity index (χ1v) is 8.94. The van der Waals surface area contributed by atoms with Crippen molar-refractivity contribution in [3.05, 3.63) is 13.8 Å². The molecule has 0 aromatic carbocycles. The molecule has 0 radical (unpaired) electrons. The zero-order chi connectivity index (χ0) is 21.7. The summed E-state index contributed by atoms with van der Waals surface area (Å²) in [6, 6.07) is 0. The van der Waals surface area contributed by atoms with Crippen LogP contribution in [-0.4, -0.2) is 60.9 Å². The van der Waals surface area contributed by atoms with Crippen LogP contribution in [0.1, 0.15) is 82.1 Å². The molecule has 0 bridgehead atoms. The number of Topliss-reactive ketones (excluding diaryl/α,β-unsaturated/α-hetero) is 4. The van der Waals surface area contributed by atoms with Crippen molar-refractivity contribution in [1.29, 1.82) is 0 Å². The van der Waals surface area contributed by atoms with Crippen LogP contribution in [0.25, 0.3) is 0 Å². The van der Waals surface area contributed by atoms with E-state index in [1.807, 2.05) is 41.5 Å². The summed E-state index contributed by atoms with van der Waals surface area (Å²) >= 11 is 0. The van der Waals surface area contributed by atoms with Crippen molar-refractivity contribution in [1.82, 2.24) is 0 Å². The van der Waals surface area contributed by atoms with Gasteiger partial charge in [-0.05, 0) is 0 Å². The smallest absolute Gasteiger partial charge is 0.331 e. The minimum atomic E-state index is -0.652. The molecule has 0 spiro atoms. The first kappa shape index (κ1) is 31.6. The Morgan fingerprint density at radius 3 is 0.815 bits per heavy atom. The normalized spacial score (nSPS) is 12.3. The van der Waals surface area contributed by atoms with Crippen LogP contribution in [0.2, 0.25) is 0 Å². The molecule has 0 amide bonds. The van der Waals surface area contributed by atoms with Crippen molar-refractivity contribution < 1.29 is 19.2 Å². The minimum Gasteiger partial charge on any atom is -0.331 e. The zero-order valence-corrected chi connectivity index (χ0v) is 21.4. The van der Waals surface area contributed by atoms with Gasteiger partial charge in [0.2, 0.25) is 0 Å². The summed E-state index contributed by atoms with van der Waals surface area (Å²) in [6.45, 7) is 25.2. The van der Waals surface area contributed by atoms with Crippen LogP contribution in [0.15, 0.2) is 0 Å². The van der Waals surface area contributed by atoms with Gasteiger partial charge in [-0.15, -0.1) is 10.8 Å². The summed E-state index contributed by atoms with van der Waals surface area (Å²) < 4.78 is 0. The summed E-state index contributed by atoms with van der Waals surface area (Å²) in [5.41, 5.74) is -2.16. The number of rotatable bonds is 6. The van der Waals surface area contributed by atoms with Crippen molar-refractivity contribution in [2.24, 2.45) is 21.7 Å². The molecule has 0 aliphatic rings. The molecule has 0 fully saturated rings. The second-order valence-corrected chi connectivity index (χ2v) is 10.3. The molecule has 0 aliphatic carbocycles. The number of hydrogen-bond donors (Lipinski definition) is 0. The summed E-state index contributed by atoms with van der Waals surface area (Å²) in [5.74, 6) is -0.219. The van der Waals surface area contributed by atoms with Gasteiger partial charge < -0.3 is 23.4 Å². The molecule has 0 saturated heterocycles. The van der Waals surface area contributed by atoms with E-state index in [1.54, 1.807) is 27.7 Å². The molecule has 27 heavy (non-hydrogen) atoms. The van der Waals surface area contributed by atoms with Crippen molar-refractivity contribution in [3.63, 3.8) is 0 Å². The Morgan fingerprint density at radius 1 is 0.519 bits per heavy atom. The molecule has 0 aliphatic heterocycles. The van der Waals surface area contributed by atoms with Crippen molar-refractivity contribution in [2.45, 2.75) is 82.1 Å². The quantitative estimate of drug-likeness (QED) is 0.371. The Hall–Kier alpha value is -0.0603. The standard InChI is InChI=1S/2C11H19O2.Ca/c2*1-10(2,3)8(12)7-9(13)11(4,5)6;/h2*1,7H2,2-6H3;/q2*-1;+2. The molecule has 0 aromatic rings. The van der Waals surface area contributed by atoms with E-state index in [1.165, 1.54) is 0 Å². The molecule has 0 saturated carbocycles. The Bertz CT molecular complexity index is 435. The molecule has 0 heterocycles. The molecule has 0 rings (SSSR count). The average Bonchev–Trinajstić information content (AvgIpc) is 2.34. The Morgan fingerprint density at radius 2 is 0.704 bits per heavy atom. The van der Waals surface area contributed by atoms with E-state index in [2.05, 4.69) is 13.8 Å². The molecule has 4 nitrogen and oxygen atoms in total. The number of carbonyl (C=O) groups is 4. The molecule has 0 N–H and O–H groups in total. The first-order valence-electron chi connectivity index (χ1n) is 8.94. The largest absolute Gasteiger partial charge is 2.00 e. The fraction of sp³-hybridized carbons (Fsp3) is 0.727. The maximum Gasteiger partial charge on any atom is 2.00 e. The van der Waals surface area contributed by atoms with Gasteiger partial charge in [0.15, 0.2) is 0 Å². The fourth-order valence-corrected chi connectivity index (χ4v) is 1.30. The SMILES string of the molecule is [CH2-]C(C)(C)C(=O)CC(=O)C(C)(C)C.[CH2-]C(C)(C)C(=O)CC(=O)C(C)(C)C.[Ca+2]. The molecular formula is C22H38CaO4. The van der Waals surface area contributed by atoms with E-state index in [0.29, 0.717) is 0 Å². The fourth-order valence-electron chi connectivity index (χ4n) is 1.30. The van der Waals surface area contributed by atoms with E-state index < -0.39 is 21.7 Å². The zero-order valence-electron chi connectivity index (χ0n) is 19.2. The van der Waals surface area contributed by atoms with Crippen molar-refractivity contribution in [3.8, 4) is 0 Å². The van der Waals surface area contributed by atoms with Crippen LogP contribution >= 0.6 is 0 Å². The molecular weight excluding hydrogens is 368 g/mol. The van der Waals surface area contributed by atoms with Gasteiger partial charge in [-0.3, -0.25) is 9.59 Å². The van der Waals surface area contributed by atoms with Gasteiger partial charge in [-0.1, -0.05) is 69.2 Å². The molecule has 152 valence electrons. The van der Waals surface area contributed by atoms with Crippen LogP contribution in [0.5, 0.6) is 0 Å². The van der Waals surface area contributed by atoms with Gasteiger partial charge in [-0.2, -0.15) is 0 Å². The Balaban J connectivity index is -0.000000411. The third-order valence-corrected chi connectivity index (χ3v) is 3.82. The molecule has 0 unspecified atom stereocenters. The Labute approximate surface area is 196 Å². The van der Waals surface area contributed by atoms with Gasteiger partial charge >= 0.3 is 37.7 Å². The van der Waals surface area contributed by atoms with Crippen LogP contribution in [0, 0.1) is 35.5 Å². The van der Waals surface area contributed by atoms with E-state index >= 15 is 0 Å². The van der Waals surface area contributed by atoms with Crippen LogP contribution < -0.4 is 0 Å². The van der Waals surface area contributed by atoms with E-state index in [4.69, 9.17) is 0 Å². The van der Waals surface area contributed by atoms with Crippen molar-refractivity contribution in [2.75, 3.05) is 0 Å². The van der Waals surface area contributed by atoms with Crippen molar-refractivity contribution >= 4 is 60.9 Å². The van der Waals surface area contributed by atoms with Crippen LogP contribution in [0.4, 0.5) is 0 Å². The van der Waals surface area contributed by atoms with Gasteiger partial charge in [0.1, 0.15) is 23.1 Å². The van der Waals surface area contributed by atoms with Gasteiger partial charge in [0.05, 0.1) is 12.8 Å². The summed E-state index contributed by atoms with van der Waals surface area (Å²) in [6.07, 6.45) is -0.000000000000000444. The van der Waals surface area contributed by atoms with E-state index in [-0.39, 0.29) is 73.7 Å². The Kier molecular flexibility index (Phi) is 13.1. The van der Waals surface area contributed by atoms with E-state index in [9.17, 15) is 19.2 Å². The summed E-state index contributed by atoms with van der Waals surface area (Å²) in [5, 5.41) is 0. The second kappa shape index (κ2) is 11.2. The minimum absolute atomic E-state index is 0. The number of carbonyl (C=O) groups excluding carboxylic acids is 4. The topological polar surface area (TPSA) is 68.3 Å². The predicted molar refractivity (Wildman–Crippen MR) is 112 cm³/mol. The molecule has 0 atom stereocenters. The van der Waals surface area contributed by atoms with Crippen LogP contribution in [0.3, 0.4) is 0 Å². The van der Waals surface area contributed by atoms with Gasteiger partial charge in [-0.25, -0.2) is 0 Å². The maximum absolute atomic E-state index is 11.5. The van der Waals surface area contributed by atoms with E-state index in [0.717, 1.165) is 0 Å². The number of hydrogen-bond acceptors (Lipinski definition) is 4. The van der Waals surface area contributed by atoms with Crippen LogP contribution in [-0.2, 0) is 19.2 Å². The molecule has 0 aromatic heterocycles. The molecule has 5 heteroatoms. The average molecular weight is 407 g/mol. The summed E-state index contributed by atoms with van der Waals surface area (Å²) in [4.78, 5) is 45.8. The summed E-state index contributed by atoms with van der Waals surface area (Å²) in [7, 11) is 0. The monoisotopic (exact) mass is 406 g/mol. The first-order chi connectivity index (χ1) is 11.1. The predicted octanol–water partition coefficient (Wildman–Crippen LogP) is 4.46. The van der Waals surface area contributed by atoms with Gasteiger partial charge in [0.25, 0.3) is 0 Å². The number of ketones is 4. The second-order valence-electron chi connectivity index (χ2n) is 10.3. The third-order valence-electron chi connectivity index (χ3n) is 3.82. The van der Waals surface area contributed by atoms with Gasteiger partial charge in [0, 0.05) is 10.8 Å². The third kappa shape index (κ3) is 14.6.